The van der Waals surface area contributed by atoms with Crippen LogP contribution in [0.4, 0.5) is 5.95 Å². The molecule has 1 unspecified atom stereocenters. The summed E-state index contributed by atoms with van der Waals surface area (Å²) < 4.78 is 5.00. The van der Waals surface area contributed by atoms with Crippen LogP contribution < -0.4 is 16.0 Å². The van der Waals surface area contributed by atoms with Crippen molar-refractivity contribution in [2.75, 3.05) is 25.9 Å². The van der Waals surface area contributed by atoms with Crippen LogP contribution in [0.15, 0.2) is 23.3 Å². The maximum absolute atomic E-state index is 12.5. The number of carbonyl (C=O) groups excluding carboxylic acids is 1. The van der Waals surface area contributed by atoms with Gasteiger partial charge in [0.15, 0.2) is 0 Å². The number of anilines is 1. The Labute approximate surface area is 131 Å². The molecule has 1 aliphatic rings. The highest BCUT2D eigenvalue weighted by Gasteiger charge is 2.30. The minimum atomic E-state index is -0.294. The lowest BCUT2D eigenvalue weighted by molar-refractivity contribution is 0.0784. The first-order valence-corrected chi connectivity index (χ1v) is 7.09. The van der Waals surface area contributed by atoms with E-state index in [1.807, 2.05) is 0 Å². The summed E-state index contributed by atoms with van der Waals surface area (Å²) in [6.45, 7) is 1.02. The van der Waals surface area contributed by atoms with E-state index in [9.17, 15) is 9.59 Å². The molecule has 3 rings (SSSR count). The van der Waals surface area contributed by atoms with Crippen molar-refractivity contribution in [3.05, 3.63) is 40.2 Å². The Balaban J connectivity index is 1.76. The Kier molecular flexibility index (Phi) is 3.92. The third-order valence-electron chi connectivity index (χ3n) is 3.74. The minimum absolute atomic E-state index is 0.0210. The van der Waals surface area contributed by atoms with Crippen LogP contribution in [0.25, 0.3) is 0 Å². The van der Waals surface area contributed by atoms with Crippen molar-refractivity contribution < 1.29 is 9.53 Å². The number of nitrogens with zero attached hydrogens (tertiary/aromatic N) is 4. The molecular weight excluding hydrogens is 300 g/mol. The molecule has 0 bridgehead atoms. The van der Waals surface area contributed by atoms with Gasteiger partial charge in [-0.2, -0.15) is 0 Å². The van der Waals surface area contributed by atoms with E-state index in [0.717, 1.165) is 0 Å². The van der Waals surface area contributed by atoms with Crippen molar-refractivity contribution in [1.29, 1.82) is 0 Å². The van der Waals surface area contributed by atoms with Crippen LogP contribution >= 0.6 is 0 Å². The van der Waals surface area contributed by atoms with Crippen LogP contribution in [0.2, 0.25) is 0 Å². The molecular formula is C14H16N6O3. The van der Waals surface area contributed by atoms with Gasteiger partial charge in [0.2, 0.25) is 11.8 Å². The Morgan fingerprint density at radius 3 is 3.00 bits per heavy atom. The number of carbonyl (C=O) groups is 1. The lowest BCUT2D eigenvalue weighted by Crippen LogP contribution is -2.29. The highest BCUT2D eigenvalue weighted by atomic mass is 16.5. The summed E-state index contributed by atoms with van der Waals surface area (Å²) in [5.41, 5.74) is 6.15. The van der Waals surface area contributed by atoms with Gasteiger partial charge in [0.1, 0.15) is 12.0 Å². The van der Waals surface area contributed by atoms with Gasteiger partial charge in [0, 0.05) is 31.1 Å². The van der Waals surface area contributed by atoms with E-state index in [2.05, 4.69) is 19.9 Å². The van der Waals surface area contributed by atoms with Gasteiger partial charge in [-0.15, -0.1) is 0 Å². The Hall–Kier alpha value is -2.97. The van der Waals surface area contributed by atoms with Gasteiger partial charge in [0.25, 0.3) is 11.5 Å². The van der Waals surface area contributed by atoms with Gasteiger partial charge in [-0.3, -0.25) is 14.6 Å². The summed E-state index contributed by atoms with van der Waals surface area (Å²) in [6, 6.07) is 2.92. The second kappa shape index (κ2) is 6.03. The first-order chi connectivity index (χ1) is 11.1. The number of likely N-dealkylation sites (tertiary alicyclic amines) is 1. The second-order valence-electron chi connectivity index (χ2n) is 5.24. The number of nitrogens with two attached hydrogens (primary N) is 1. The number of nitrogen functional groups attached to an aromatic ring is 1. The molecule has 0 aliphatic carbocycles. The lowest BCUT2D eigenvalue weighted by atomic mass is 10.1. The molecule has 2 aromatic rings. The molecule has 0 spiro atoms. The molecule has 23 heavy (non-hydrogen) atoms. The number of amides is 1. The van der Waals surface area contributed by atoms with E-state index < -0.39 is 0 Å². The van der Waals surface area contributed by atoms with Crippen molar-refractivity contribution >= 4 is 11.9 Å². The lowest BCUT2D eigenvalue weighted by Gasteiger charge is -2.16. The van der Waals surface area contributed by atoms with Crippen molar-refractivity contribution in [2.45, 2.75) is 12.3 Å². The average Bonchev–Trinajstić information content (AvgIpc) is 3.03. The number of H-pyrrole nitrogens is 1. The molecule has 1 aliphatic heterocycles. The van der Waals surface area contributed by atoms with E-state index >= 15 is 0 Å². The monoisotopic (exact) mass is 316 g/mol. The molecule has 9 nitrogen and oxygen atoms in total. The standard InChI is InChI=1S/C14H16N6O3/c1-23-12-5-10(16-7-17-12)13(22)20-3-2-8(6-20)9-4-11(21)19-14(15)18-9/h4-5,7-8H,2-3,6H2,1H3,(H3,15,18,19,21). The zero-order valence-corrected chi connectivity index (χ0v) is 12.5. The maximum atomic E-state index is 12.5. The smallest absolute Gasteiger partial charge is 0.272 e. The molecule has 1 saturated heterocycles. The molecule has 1 amide bonds. The Bertz CT molecular complexity index is 790. The summed E-state index contributed by atoms with van der Waals surface area (Å²) in [5.74, 6) is 0.194. The van der Waals surface area contributed by atoms with Crippen LogP contribution in [0.3, 0.4) is 0 Å². The number of hydrogen-bond donors (Lipinski definition) is 2. The molecule has 3 heterocycles. The number of aromatic amines is 1. The van der Waals surface area contributed by atoms with Crippen molar-refractivity contribution in [3.8, 4) is 5.88 Å². The van der Waals surface area contributed by atoms with Gasteiger partial charge in [-0.05, 0) is 6.42 Å². The highest BCUT2D eigenvalue weighted by molar-refractivity contribution is 5.92. The molecule has 1 fully saturated rings. The molecule has 2 aromatic heterocycles. The summed E-state index contributed by atoms with van der Waals surface area (Å²) in [4.78, 5) is 40.1. The van der Waals surface area contributed by atoms with Crippen LogP contribution in [0, 0.1) is 0 Å². The second-order valence-corrected chi connectivity index (χ2v) is 5.24. The first kappa shape index (κ1) is 14.9. The van der Waals surface area contributed by atoms with E-state index in [1.165, 1.54) is 25.6 Å². The van der Waals surface area contributed by atoms with E-state index in [1.54, 1.807) is 4.90 Å². The van der Waals surface area contributed by atoms with E-state index in [4.69, 9.17) is 10.5 Å². The van der Waals surface area contributed by atoms with Crippen LogP contribution in [-0.2, 0) is 0 Å². The number of ether oxygens (including phenoxy) is 1. The third-order valence-corrected chi connectivity index (χ3v) is 3.74. The molecule has 120 valence electrons. The van der Waals surface area contributed by atoms with E-state index in [-0.39, 0.29) is 29.0 Å². The maximum Gasteiger partial charge on any atom is 0.272 e. The number of aromatic nitrogens is 4. The van der Waals surface area contributed by atoms with Crippen LogP contribution in [-0.4, -0.2) is 50.9 Å². The average molecular weight is 316 g/mol. The molecule has 0 radical (unpaired) electrons. The minimum Gasteiger partial charge on any atom is -0.481 e. The molecule has 9 heteroatoms. The topological polar surface area (TPSA) is 127 Å². The largest absolute Gasteiger partial charge is 0.481 e. The van der Waals surface area contributed by atoms with Crippen LogP contribution in [0.5, 0.6) is 5.88 Å². The SMILES string of the molecule is COc1cc(C(=O)N2CCC(c3cc(=O)[nH]c(N)n3)C2)ncn1. The number of hydrogen-bond acceptors (Lipinski definition) is 7. The van der Waals surface area contributed by atoms with Crippen molar-refractivity contribution in [1.82, 2.24) is 24.8 Å². The summed E-state index contributed by atoms with van der Waals surface area (Å²) in [6.07, 6.45) is 2.00. The molecule has 0 saturated carbocycles. The van der Waals surface area contributed by atoms with Gasteiger partial charge >= 0.3 is 0 Å². The fourth-order valence-corrected chi connectivity index (χ4v) is 2.62. The third kappa shape index (κ3) is 3.12. The Morgan fingerprint density at radius 2 is 2.26 bits per heavy atom. The van der Waals surface area contributed by atoms with Crippen molar-refractivity contribution in [2.24, 2.45) is 0 Å². The summed E-state index contributed by atoms with van der Waals surface area (Å²) in [7, 11) is 1.48. The normalized spacial score (nSPS) is 17.3. The molecule has 1 atom stereocenters. The van der Waals surface area contributed by atoms with Gasteiger partial charge in [-0.25, -0.2) is 15.0 Å². The zero-order valence-electron chi connectivity index (χ0n) is 12.5. The summed E-state index contributed by atoms with van der Waals surface area (Å²) >= 11 is 0. The Morgan fingerprint density at radius 1 is 1.43 bits per heavy atom. The van der Waals surface area contributed by atoms with Crippen molar-refractivity contribution in [3.63, 3.8) is 0 Å². The highest BCUT2D eigenvalue weighted by Crippen LogP contribution is 2.26. The number of rotatable bonds is 3. The first-order valence-electron chi connectivity index (χ1n) is 7.09. The predicted molar refractivity (Wildman–Crippen MR) is 81.1 cm³/mol. The quantitative estimate of drug-likeness (QED) is 0.801. The fourth-order valence-electron chi connectivity index (χ4n) is 2.62. The molecule has 3 N–H and O–H groups in total. The van der Waals surface area contributed by atoms with Gasteiger partial charge in [-0.1, -0.05) is 0 Å². The number of methoxy groups -OCH3 is 1. The fraction of sp³-hybridized carbons (Fsp3) is 0.357. The van der Waals surface area contributed by atoms with Crippen LogP contribution in [0.1, 0.15) is 28.5 Å². The number of nitrogens with one attached hydrogen (secondary N) is 1. The summed E-state index contributed by atoms with van der Waals surface area (Å²) in [5, 5.41) is 0. The zero-order chi connectivity index (χ0) is 16.4. The predicted octanol–water partition coefficient (Wildman–Crippen LogP) is -0.220. The molecule has 0 aromatic carbocycles. The van der Waals surface area contributed by atoms with Gasteiger partial charge < -0.3 is 15.4 Å². The van der Waals surface area contributed by atoms with Gasteiger partial charge in [0.05, 0.1) is 12.8 Å². The van der Waals surface area contributed by atoms with E-state index in [0.29, 0.717) is 31.1 Å².